The van der Waals surface area contributed by atoms with E-state index in [0.29, 0.717) is 34.7 Å². The van der Waals surface area contributed by atoms with Gasteiger partial charge < -0.3 is 10.1 Å². The van der Waals surface area contributed by atoms with Crippen LogP contribution in [0.15, 0.2) is 48.8 Å². The molecule has 3 unspecified atom stereocenters. The number of alkyl halides is 3. The second-order valence-corrected chi connectivity index (χ2v) is 8.79. The largest absolute Gasteiger partial charge is 0.490 e. The third-order valence-corrected chi connectivity index (χ3v) is 6.76. The van der Waals surface area contributed by atoms with Gasteiger partial charge in [0.2, 0.25) is 5.91 Å². The van der Waals surface area contributed by atoms with Crippen molar-refractivity contribution in [1.82, 2.24) is 9.97 Å². The number of hydrogen-bond acceptors (Lipinski definition) is 4. The van der Waals surface area contributed by atoms with Gasteiger partial charge in [-0.05, 0) is 67.0 Å². The summed E-state index contributed by atoms with van der Waals surface area (Å²) in [5, 5.41) is 3.25. The van der Waals surface area contributed by atoms with E-state index < -0.39 is 11.7 Å². The summed E-state index contributed by atoms with van der Waals surface area (Å²) in [6, 6.07) is 8.18. The fraction of sp³-hybridized carbons (Fsp3) is 0.375. The molecule has 0 saturated heterocycles. The van der Waals surface area contributed by atoms with Crippen LogP contribution in [0.1, 0.15) is 25.3 Å². The highest BCUT2D eigenvalue weighted by molar-refractivity contribution is 5.92. The van der Waals surface area contributed by atoms with E-state index in [1.807, 2.05) is 6.92 Å². The number of benzene rings is 1. The first-order valence-electron chi connectivity index (χ1n) is 10.8. The molecule has 0 aliphatic heterocycles. The number of hydrogen-bond donors (Lipinski definition) is 1. The van der Waals surface area contributed by atoms with Crippen LogP contribution >= 0.6 is 0 Å². The van der Waals surface area contributed by atoms with Crippen molar-refractivity contribution >= 4 is 22.6 Å². The molecule has 2 aliphatic carbocycles. The van der Waals surface area contributed by atoms with E-state index in [4.69, 9.17) is 4.74 Å². The molecule has 5 nitrogen and oxygen atoms in total. The molecule has 1 N–H and O–H groups in total. The number of ether oxygens (including phenoxy) is 1. The number of fused-ring (bicyclic) bond motifs is 2. The van der Waals surface area contributed by atoms with E-state index in [1.165, 1.54) is 12.1 Å². The Morgan fingerprint density at radius 1 is 1.12 bits per heavy atom. The number of nitrogens with zero attached hydrogens (tertiary/aromatic N) is 2. The lowest BCUT2D eigenvalue weighted by molar-refractivity contribution is -0.137. The fourth-order valence-electron chi connectivity index (χ4n) is 5.11. The Morgan fingerprint density at radius 3 is 2.55 bits per heavy atom. The summed E-state index contributed by atoms with van der Waals surface area (Å²) in [4.78, 5) is 20.6. The molecule has 0 bridgehead atoms. The molecule has 1 aromatic carbocycles. The highest BCUT2D eigenvalue weighted by atomic mass is 19.4. The molecule has 2 saturated carbocycles. The zero-order chi connectivity index (χ0) is 23.3. The minimum absolute atomic E-state index is 0.0167. The Labute approximate surface area is 187 Å². The molecular formula is C24H21F4N3O2. The number of nitrogens with one attached hydrogen (secondary N) is 1. The summed E-state index contributed by atoms with van der Waals surface area (Å²) in [6.07, 6.45) is -0.547. The lowest BCUT2D eigenvalue weighted by Crippen LogP contribution is -2.26. The second-order valence-electron chi connectivity index (χ2n) is 8.79. The normalized spacial score (nSPS) is 24.9. The summed E-state index contributed by atoms with van der Waals surface area (Å²) in [5.74, 6) is 0.700. The molecule has 3 aromatic rings. The van der Waals surface area contributed by atoms with Gasteiger partial charge in [0, 0.05) is 23.7 Å². The van der Waals surface area contributed by atoms with Crippen molar-refractivity contribution in [3.63, 3.8) is 0 Å². The number of rotatable bonds is 5. The molecule has 2 heterocycles. The third kappa shape index (κ3) is 4.24. The van der Waals surface area contributed by atoms with E-state index in [-0.39, 0.29) is 35.5 Å². The van der Waals surface area contributed by atoms with Crippen LogP contribution in [0.2, 0.25) is 0 Å². The standard InChI is InChI=1S/C24H21F4N3O2/c1-12(23(32)31-21-5-2-13(11-30-21)24(26,27)28)22-16-9-15(10-17(16)22)33-20-6-7-29-19-4-3-14(25)8-18(19)20/h2-8,11-12,15-17,22H,9-10H2,1H3,(H,30,31,32). The molecule has 1 amide bonds. The van der Waals surface area contributed by atoms with Crippen molar-refractivity contribution in [2.75, 3.05) is 5.32 Å². The molecule has 2 fully saturated rings. The van der Waals surface area contributed by atoms with Crippen molar-refractivity contribution in [3.8, 4) is 5.75 Å². The van der Waals surface area contributed by atoms with Crippen LogP contribution in [0, 0.1) is 29.5 Å². The Kier molecular flexibility index (Phi) is 5.22. The third-order valence-electron chi connectivity index (χ3n) is 6.76. The zero-order valence-corrected chi connectivity index (χ0v) is 17.6. The van der Waals surface area contributed by atoms with Crippen LogP contribution in [-0.2, 0) is 11.0 Å². The predicted molar refractivity (Wildman–Crippen MR) is 113 cm³/mol. The first-order valence-corrected chi connectivity index (χ1v) is 10.8. The number of anilines is 1. The van der Waals surface area contributed by atoms with Gasteiger partial charge in [-0.25, -0.2) is 9.37 Å². The zero-order valence-electron chi connectivity index (χ0n) is 17.6. The summed E-state index contributed by atoms with van der Waals surface area (Å²) in [5.41, 5.74) is -0.196. The maximum absolute atomic E-state index is 13.7. The summed E-state index contributed by atoms with van der Waals surface area (Å²) >= 11 is 0. The van der Waals surface area contributed by atoms with Crippen LogP contribution in [0.3, 0.4) is 0 Å². The fourth-order valence-corrected chi connectivity index (χ4v) is 5.11. The monoisotopic (exact) mass is 459 g/mol. The van der Waals surface area contributed by atoms with Crippen molar-refractivity contribution < 1.29 is 27.1 Å². The SMILES string of the molecule is CC(C(=O)Nc1ccc(C(F)(F)F)cn1)C1C2CC(Oc3ccnc4ccc(F)cc34)CC21. The maximum atomic E-state index is 13.7. The Balaban J connectivity index is 1.17. The van der Waals surface area contributed by atoms with Crippen LogP contribution in [0.4, 0.5) is 23.4 Å². The predicted octanol–water partition coefficient (Wildman–Crippen LogP) is 5.47. The van der Waals surface area contributed by atoms with Crippen molar-refractivity contribution in [1.29, 1.82) is 0 Å². The van der Waals surface area contributed by atoms with Crippen LogP contribution in [0.5, 0.6) is 5.75 Å². The minimum Gasteiger partial charge on any atom is -0.490 e. The quantitative estimate of drug-likeness (QED) is 0.515. The highest BCUT2D eigenvalue weighted by Gasteiger charge is 2.59. The van der Waals surface area contributed by atoms with Crippen LogP contribution in [-0.4, -0.2) is 22.0 Å². The maximum Gasteiger partial charge on any atom is 0.417 e. The average molecular weight is 459 g/mol. The Morgan fingerprint density at radius 2 is 1.88 bits per heavy atom. The number of halogens is 4. The molecule has 9 heteroatoms. The minimum atomic E-state index is -4.47. The van der Waals surface area contributed by atoms with Crippen molar-refractivity contribution in [2.24, 2.45) is 23.7 Å². The smallest absolute Gasteiger partial charge is 0.417 e. The van der Waals surface area contributed by atoms with E-state index in [0.717, 1.165) is 25.0 Å². The van der Waals surface area contributed by atoms with Gasteiger partial charge in [-0.1, -0.05) is 6.92 Å². The van der Waals surface area contributed by atoms with E-state index >= 15 is 0 Å². The summed E-state index contributed by atoms with van der Waals surface area (Å²) < 4.78 is 57.8. The van der Waals surface area contributed by atoms with Gasteiger partial charge in [0.1, 0.15) is 17.4 Å². The molecular weight excluding hydrogens is 438 g/mol. The van der Waals surface area contributed by atoms with Crippen LogP contribution in [0.25, 0.3) is 10.9 Å². The highest BCUT2D eigenvalue weighted by Crippen LogP contribution is 2.61. The second kappa shape index (κ2) is 7.97. The molecule has 2 aliphatic rings. The molecule has 2 aromatic heterocycles. The molecule has 0 spiro atoms. The number of amides is 1. The number of pyridine rings is 2. The molecule has 0 radical (unpaired) electrons. The first-order chi connectivity index (χ1) is 15.7. The number of carbonyl (C=O) groups is 1. The summed E-state index contributed by atoms with van der Waals surface area (Å²) in [6.45, 7) is 1.83. The van der Waals surface area contributed by atoms with Gasteiger partial charge in [-0.2, -0.15) is 13.2 Å². The van der Waals surface area contributed by atoms with E-state index in [9.17, 15) is 22.4 Å². The van der Waals surface area contributed by atoms with E-state index in [2.05, 4.69) is 15.3 Å². The molecule has 5 rings (SSSR count). The Hall–Kier alpha value is -3.23. The van der Waals surface area contributed by atoms with Gasteiger partial charge in [-0.3, -0.25) is 9.78 Å². The van der Waals surface area contributed by atoms with Gasteiger partial charge >= 0.3 is 6.18 Å². The molecule has 172 valence electrons. The lowest BCUT2D eigenvalue weighted by Gasteiger charge is -2.20. The van der Waals surface area contributed by atoms with Gasteiger partial charge in [0.15, 0.2) is 0 Å². The van der Waals surface area contributed by atoms with Crippen molar-refractivity contribution in [2.45, 2.75) is 32.0 Å². The molecule has 3 atom stereocenters. The van der Waals surface area contributed by atoms with Gasteiger partial charge in [0.05, 0.1) is 17.2 Å². The van der Waals surface area contributed by atoms with E-state index in [1.54, 1.807) is 18.3 Å². The average Bonchev–Trinajstić information content (AvgIpc) is 3.27. The van der Waals surface area contributed by atoms with Gasteiger partial charge in [-0.15, -0.1) is 0 Å². The van der Waals surface area contributed by atoms with Crippen molar-refractivity contribution in [3.05, 3.63) is 60.2 Å². The molecule has 33 heavy (non-hydrogen) atoms. The number of aromatic nitrogens is 2. The topological polar surface area (TPSA) is 64.1 Å². The Bertz CT molecular complexity index is 1190. The number of carbonyl (C=O) groups excluding carboxylic acids is 1. The first kappa shape index (κ1) is 21.6. The van der Waals surface area contributed by atoms with Gasteiger partial charge in [0.25, 0.3) is 0 Å². The van der Waals surface area contributed by atoms with Crippen LogP contribution < -0.4 is 10.1 Å². The lowest BCUT2D eigenvalue weighted by atomic mass is 9.97. The summed E-state index contributed by atoms with van der Waals surface area (Å²) in [7, 11) is 0.